The van der Waals surface area contributed by atoms with Gasteiger partial charge in [-0.3, -0.25) is 19.9 Å². The molecule has 14 aromatic rings. The molecule has 10 aromatic carbocycles. The van der Waals surface area contributed by atoms with Gasteiger partial charge in [0, 0.05) is 72.2 Å². The first-order valence-corrected chi connectivity index (χ1v) is 39.4. The minimum Gasteiger partial charge on any atom is -0.741 e. The second-order valence-electron chi connectivity index (χ2n) is 21.0. The number of fused-ring (bicyclic) bond motifs is 3. The molecule has 0 atom stereocenters. The number of rotatable bonds is 12. The van der Waals surface area contributed by atoms with Gasteiger partial charge in [0.1, 0.15) is 0 Å². The molecule has 4 aromatic heterocycles. The molecule has 0 spiro atoms. The summed E-state index contributed by atoms with van der Waals surface area (Å²) in [6.45, 7) is 0. The van der Waals surface area contributed by atoms with E-state index in [4.69, 9.17) is 25.9 Å². The monoisotopic (exact) mass is 1670 g/mol. The van der Waals surface area contributed by atoms with Crippen molar-refractivity contribution in [2.75, 3.05) is 11.8 Å². The van der Waals surface area contributed by atoms with Crippen molar-refractivity contribution in [2.24, 2.45) is 0 Å². The second kappa shape index (κ2) is 42.7. The van der Waals surface area contributed by atoms with Gasteiger partial charge in [0.05, 0.1) is 0 Å². The third kappa shape index (κ3) is 27.1. The van der Waals surface area contributed by atoms with Crippen LogP contribution < -0.4 is 42.4 Å². The average Bonchev–Trinajstić information content (AvgIpc) is 0.817. The fourth-order valence-electron chi connectivity index (χ4n) is 9.37. The van der Waals surface area contributed by atoms with Crippen molar-refractivity contribution in [3.05, 3.63) is 365 Å². The molecule has 4 heterocycles. The molecular formula is C78H64Ag2F6N4O6P4S2. The third-order valence-corrected chi connectivity index (χ3v) is 27.2. The minimum absolute atomic E-state index is 0. The van der Waals surface area contributed by atoms with Gasteiger partial charge >= 0.3 is 55.8 Å². The van der Waals surface area contributed by atoms with Crippen LogP contribution in [-0.2, 0) is 65.0 Å². The predicted octanol–water partition coefficient (Wildman–Crippen LogP) is 16.6. The zero-order valence-corrected chi connectivity index (χ0v) is 61.9. The Kier molecular flexibility index (Phi) is 34.8. The molecule has 24 heteroatoms. The molecule has 528 valence electrons. The number of hydrogen-bond acceptors (Lipinski definition) is 10. The molecular weight excluding hydrogens is 1610 g/mol. The fraction of sp³-hybridized carbons (Fsp3) is 0.0513. The van der Waals surface area contributed by atoms with Gasteiger partial charge in [-0.25, -0.2) is 16.8 Å². The first kappa shape index (κ1) is 83.1. The van der Waals surface area contributed by atoms with E-state index < -0.39 is 62.9 Å². The van der Waals surface area contributed by atoms with Crippen LogP contribution in [-0.4, -0.2) is 68.7 Å². The second-order valence-corrected chi connectivity index (χ2v) is 33.6. The third-order valence-electron chi connectivity index (χ3n) is 14.2. The van der Waals surface area contributed by atoms with Gasteiger partial charge < -0.3 is 9.11 Å². The van der Waals surface area contributed by atoms with Crippen molar-refractivity contribution in [3.63, 3.8) is 0 Å². The molecule has 0 aliphatic rings. The van der Waals surface area contributed by atoms with Crippen LogP contribution >= 0.6 is 31.7 Å². The van der Waals surface area contributed by atoms with Crippen LogP contribution in [0.25, 0.3) is 32.3 Å². The number of hydrogen-bond donors (Lipinski definition) is 0. The van der Waals surface area contributed by atoms with Gasteiger partial charge in [0.2, 0.25) is 0 Å². The summed E-state index contributed by atoms with van der Waals surface area (Å²) in [7, 11) is -13.8. The summed E-state index contributed by atoms with van der Waals surface area (Å²) in [6, 6.07) is 113. The molecule has 14 rings (SSSR count). The van der Waals surface area contributed by atoms with Crippen LogP contribution in [0, 0.1) is 0 Å². The SMILES string of the molecule is O=S(=O)([O-])C(F)(F)F.O=S(=O)([O-])C(F)(F)F.[Ag+].[Ag+].c1cc2cnccc2cn1.c1ccc(P(CP(c2ccccc2)c2ccccc2)c2ccccc2)cc1.c1ccc(P(CP(c2ccccc2)c2ccccc2)c2ccccc2)cc1.c1ccc2cnccc2c1.c1ccc2cnccc2c1. The minimum atomic E-state index is -6.09. The van der Waals surface area contributed by atoms with E-state index in [-0.39, 0.29) is 44.8 Å². The van der Waals surface area contributed by atoms with Crippen molar-refractivity contribution in [2.45, 2.75) is 11.0 Å². The molecule has 0 aliphatic heterocycles. The number of benzene rings is 10. The summed E-state index contributed by atoms with van der Waals surface area (Å²) in [5, 5.41) is 18.8. The Hall–Kier alpha value is -7.82. The van der Waals surface area contributed by atoms with Crippen molar-refractivity contribution in [1.29, 1.82) is 0 Å². The molecule has 0 fully saturated rings. The number of alkyl halides is 6. The van der Waals surface area contributed by atoms with Gasteiger partial charge in [0.25, 0.3) is 0 Å². The molecule has 0 bridgehead atoms. The summed E-state index contributed by atoms with van der Waals surface area (Å²) < 4.78 is 118. The van der Waals surface area contributed by atoms with Gasteiger partial charge in [-0.15, -0.1) is 0 Å². The van der Waals surface area contributed by atoms with Crippen LogP contribution in [0.2, 0.25) is 0 Å². The van der Waals surface area contributed by atoms with Crippen molar-refractivity contribution in [3.8, 4) is 0 Å². The normalized spacial score (nSPS) is 11.0. The van der Waals surface area contributed by atoms with E-state index in [0.717, 1.165) is 10.8 Å². The van der Waals surface area contributed by atoms with Gasteiger partial charge in [-0.1, -0.05) is 291 Å². The molecule has 0 unspecified atom stereocenters. The zero-order chi connectivity index (χ0) is 71.1. The van der Waals surface area contributed by atoms with Crippen molar-refractivity contribution >= 4 is 127 Å². The summed E-state index contributed by atoms with van der Waals surface area (Å²) in [5.74, 6) is 2.35. The van der Waals surface area contributed by atoms with E-state index >= 15 is 0 Å². The van der Waals surface area contributed by atoms with E-state index in [2.05, 4.69) is 287 Å². The summed E-state index contributed by atoms with van der Waals surface area (Å²) in [4.78, 5) is 16.0. The van der Waals surface area contributed by atoms with Crippen molar-refractivity contribution in [1.82, 2.24) is 19.9 Å². The first-order valence-electron chi connectivity index (χ1n) is 30.5. The molecule has 0 amide bonds. The molecule has 0 N–H and O–H groups in total. The van der Waals surface area contributed by atoms with Crippen LogP contribution in [0.3, 0.4) is 0 Å². The molecule has 0 aliphatic carbocycles. The Morgan fingerprint density at radius 3 is 0.539 bits per heavy atom. The van der Waals surface area contributed by atoms with Crippen LogP contribution in [0.5, 0.6) is 0 Å². The van der Waals surface area contributed by atoms with Gasteiger partial charge in [-0.2, -0.15) is 26.3 Å². The van der Waals surface area contributed by atoms with Crippen LogP contribution in [0.4, 0.5) is 26.3 Å². The molecule has 102 heavy (non-hydrogen) atoms. The molecule has 0 radical (unpaired) electrons. The Bertz CT molecular complexity index is 4040. The maximum Gasteiger partial charge on any atom is 1.00 e. The number of aromatic nitrogens is 4. The largest absolute Gasteiger partial charge is 1.00 e. The Morgan fingerprint density at radius 1 is 0.245 bits per heavy atom. The van der Waals surface area contributed by atoms with Crippen LogP contribution in [0.15, 0.2) is 365 Å². The number of pyridine rings is 4. The fourth-order valence-corrected chi connectivity index (χ4v) is 22.3. The van der Waals surface area contributed by atoms with Gasteiger partial charge in [0.15, 0.2) is 20.2 Å². The number of nitrogens with zero attached hydrogens (tertiary/aromatic N) is 4. The van der Waals surface area contributed by atoms with Crippen LogP contribution in [0.1, 0.15) is 0 Å². The first-order chi connectivity index (χ1) is 48.2. The Balaban J connectivity index is 0.000000200. The van der Waals surface area contributed by atoms with E-state index in [1.54, 1.807) is 12.4 Å². The molecule has 0 saturated heterocycles. The van der Waals surface area contributed by atoms with E-state index in [1.165, 1.54) is 75.8 Å². The maximum atomic E-state index is 10.7. The Morgan fingerprint density at radius 2 is 0.382 bits per heavy atom. The average molecular weight is 1670 g/mol. The summed E-state index contributed by atoms with van der Waals surface area (Å²) >= 11 is 0. The smallest absolute Gasteiger partial charge is 0.741 e. The van der Waals surface area contributed by atoms with E-state index in [1.807, 2.05) is 85.7 Å². The molecule has 10 nitrogen and oxygen atoms in total. The van der Waals surface area contributed by atoms with E-state index in [9.17, 15) is 26.3 Å². The zero-order valence-electron chi connectivity index (χ0n) is 53.8. The van der Waals surface area contributed by atoms with Crippen molar-refractivity contribution < 1.29 is 97.0 Å². The molecule has 0 saturated carbocycles. The van der Waals surface area contributed by atoms with E-state index in [0.29, 0.717) is 0 Å². The predicted molar refractivity (Wildman–Crippen MR) is 401 cm³/mol. The summed E-state index contributed by atoms with van der Waals surface area (Å²) in [5.41, 5.74) is -11.3. The maximum absolute atomic E-state index is 10.7. The topological polar surface area (TPSA) is 166 Å². The Labute approximate surface area is 626 Å². The summed E-state index contributed by atoms with van der Waals surface area (Å²) in [6.07, 6.45) is 14.6. The number of halogens is 6. The van der Waals surface area contributed by atoms with Gasteiger partial charge in [-0.05, 0) is 120 Å². The standard InChI is InChI=1S/2C25H22P2.2C9H7N.C8H6N2.2CHF3O3S.2Ag/c2*1-5-13-22(14-6-1)26(23-15-7-2-8-16-23)21-27(24-17-9-3-10-18-24)25-19-11-4-12-20-25;2*1-2-4-9-7-10-6-5-8(9)3-1;1-3-9-6-8-2-4-10-5-7(1)8;2*2-1(3,4)8(5,6)7;;/h2*1-20H,21H2;2*1-7H;1-6H;2*(H,5,6,7);;/q;;;;;;;2*+1/p-2. The quantitative estimate of drug-likeness (QED) is 0.0378.